The largest absolute Gasteiger partial charge is 0.375 e. The summed E-state index contributed by atoms with van der Waals surface area (Å²) in [5.41, 5.74) is 1.19. The predicted octanol–water partition coefficient (Wildman–Crippen LogP) is 2.50. The number of halogens is 1. The molecule has 1 N–H and O–H groups in total. The summed E-state index contributed by atoms with van der Waals surface area (Å²) in [4.78, 5) is 0. The van der Waals surface area contributed by atoms with Crippen molar-refractivity contribution in [3.8, 4) is 0 Å². The molecule has 1 aliphatic heterocycles. The molecule has 0 saturated carbocycles. The summed E-state index contributed by atoms with van der Waals surface area (Å²) in [5.74, 6) is 0.982. The lowest BCUT2D eigenvalue weighted by Crippen LogP contribution is -2.34. The van der Waals surface area contributed by atoms with Crippen molar-refractivity contribution in [3.05, 3.63) is 16.4 Å². The molecule has 18 heavy (non-hydrogen) atoms. The molecular formula is C13H22BrN3O. The minimum absolute atomic E-state index is 0.252. The Balaban J connectivity index is 2.35. The number of nitrogens with one attached hydrogen (secondary N) is 1. The van der Waals surface area contributed by atoms with Crippen LogP contribution in [0.2, 0.25) is 0 Å². The molecule has 5 unspecified atom stereocenters. The molecule has 1 aromatic heterocycles. The highest BCUT2D eigenvalue weighted by Crippen LogP contribution is 2.41. The van der Waals surface area contributed by atoms with Crippen molar-refractivity contribution in [2.75, 3.05) is 7.05 Å². The van der Waals surface area contributed by atoms with Crippen molar-refractivity contribution in [1.82, 2.24) is 15.1 Å². The Hall–Kier alpha value is -0.390. The zero-order valence-corrected chi connectivity index (χ0v) is 13.2. The van der Waals surface area contributed by atoms with E-state index in [1.165, 1.54) is 5.69 Å². The van der Waals surface area contributed by atoms with Crippen LogP contribution in [0, 0.1) is 11.8 Å². The van der Waals surface area contributed by atoms with E-state index in [1.807, 2.05) is 25.0 Å². The number of aromatic nitrogens is 2. The fourth-order valence-corrected chi connectivity index (χ4v) is 3.74. The van der Waals surface area contributed by atoms with E-state index in [2.05, 4.69) is 47.1 Å². The SMILES string of the molecule is CNC(c1c(Br)cnn1C)C1C(C)OC(C)C1C. The highest BCUT2D eigenvalue weighted by atomic mass is 79.9. The normalized spacial score (nSPS) is 33.9. The fourth-order valence-electron chi connectivity index (χ4n) is 3.15. The zero-order valence-electron chi connectivity index (χ0n) is 11.6. The van der Waals surface area contributed by atoms with Gasteiger partial charge in [0.05, 0.1) is 34.6 Å². The molecule has 1 fully saturated rings. The smallest absolute Gasteiger partial charge is 0.0696 e. The van der Waals surface area contributed by atoms with E-state index in [-0.39, 0.29) is 12.1 Å². The van der Waals surface area contributed by atoms with E-state index in [0.717, 1.165) is 4.47 Å². The van der Waals surface area contributed by atoms with Crippen molar-refractivity contribution < 1.29 is 4.74 Å². The molecule has 1 saturated heterocycles. The third-order valence-corrected chi connectivity index (χ3v) is 4.86. The first-order valence-corrected chi connectivity index (χ1v) is 7.26. The lowest BCUT2D eigenvalue weighted by molar-refractivity contribution is 0.0474. The molecule has 1 aromatic rings. The molecule has 5 atom stereocenters. The second-order valence-electron chi connectivity index (χ2n) is 5.25. The minimum atomic E-state index is 0.252. The number of rotatable bonds is 3. The van der Waals surface area contributed by atoms with Crippen LogP contribution < -0.4 is 5.32 Å². The molecule has 2 rings (SSSR count). The van der Waals surface area contributed by atoms with Gasteiger partial charge in [-0.25, -0.2) is 0 Å². The van der Waals surface area contributed by atoms with Crippen LogP contribution in [0.15, 0.2) is 10.7 Å². The number of aryl methyl sites for hydroxylation is 1. The van der Waals surface area contributed by atoms with Gasteiger partial charge < -0.3 is 10.1 Å². The van der Waals surface area contributed by atoms with Crippen molar-refractivity contribution in [1.29, 1.82) is 0 Å². The van der Waals surface area contributed by atoms with Crippen LogP contribution in [0.1, 0.15) is 32.5 Å². The maximum Gasteiger partial charge on any atom is 0.0696 e. The second-order valence-corrected chi connectivity index (χ2v) is 6.10. The molecule has 0 amide bonds. The second kappa shape index (κ2) is 5.31. The molecule has 0 spiro atoms. The van der Waals surface area contributed by atoms with Gasteiger partial charge in [0, 0.05) is 13.0 Å². The molecule has 5 heteroatoms. The minimum Gasteiger partial charge on any atom is -0.375 e. The Bertz CT molecular complexity index is 401. The highest BCUT2D eigenvalue weighted by molar-refractivity contribution is 9.10. The molecule has 0 radical (unpaired) electrons. The van der Waals surface area contributed by atoms with Gasteiger partial charge in [-0.3, -0.25) is 4.68 Å². The summed E-state index contributed by atoms with van der Waals surface area (Å²) in [6.07, 6.45) is 2.43. The Kier molecular flexibility index (Phi) is 4.14. The average Bonchev–Trinajstić information content (AvgIpc) is 2.76. The van der Waals surface area contributed by atoms with E-state index < -0.39 is 0 Å². The molecule has 0 aromatic carbocycles. The van der Waals surface area contributed by atoms with Gasteiger partial charge in [-0.15, -0.1) is 0 Å². The first kappa shape index (κ1) is 14.0. The molecule has 2 heterocycles. The van der Waals surface area contributed by atoms with Crippen LogP contribution in [0.25, 0.3) is 0 Å². The third kappa shape index (κ3) is 2.24. The summed E-state index contributed by atoms with van der Waals surface area (Å²) in [7, 11) is 3.99. The van der Waals surface area contributed by atoms with Gasteiger partial charge in [-0.2, -0.15) is 5.10 Å². The standard InChI is InChI=1S/C13H22BrN3O/c1-7-8(2)18-9(3)11(7)12(15-4)13-10(14)6-16-17(13)5/h6-9,11-12,15H,1-5H3. The fraction of sp³-hybridized carbons (Fsp3) is 0.769. The molecule has 4 nitrogen and oxygen atoms in total. The van der Waals surface area contributed by atoms with Crippen molar-refractivity contribution >= 4 is 15.9 Å². The third-order valence-electron chi connectivity index (χ3n) is 4.25. The van der Waals surface area contributed by atoms with Gasteiger partial charge in [-0.05, 0) is 42.7 Å². The number of hydrogen-bond acceptors (Lipinski definition) is 3. The van der Waals surface area contributed by atoms with Crippen LogP contribution in [-0.2, 0) is 11.8 Å². The summed E-state index contributed by atoms with van der Waals surface area (Å²) < 4.78 is 8.96. The van der Waals surface area contributed by atoms with E-state index in [1.54, 1.807) is 0 Å². The van der Waals surface area contributed by atoms with Gasteiger partial charge >= 0.3 is 0 Å². The first-order valence-electron chi connectivity index (χ1n) is 6.47. The maximum absolute atomic E-state index is 5.96. The molecule has 102 valence electrons. The van der Waals surface area contributed by atoms with E-state index >= 15 is 0 Å². The summed E-state index contributed by atoms with van der Waals surface area (Å²) in [5, 5.41) is 7.75. The van der Waals surface area contributed by atoms with Crippen molar-refractivity contribution in [3.63, 3.8) is 0 Å². The average molecular weight is 316 g/mol. The Morgan fingerprint density at radius 3 is 2.44 bits per heavy atom. The molecule has 1 aliphatic rings. The lowest BCUT2D eigenvalue weighted by Gasteiger charge is -2.29. The van der Waals surface area contributed by atoms with E-state index in [9.17, 15) is 0 Å². The number of nitrogens with zero attached hydrogens (tertiary/aromatic N) is 2. The Labute approximate surface area is 117 Å². The van der Waals surface area contributed by atoms with Crippen LogP contribution in [0.5, 0.6) is 0 Å². The van der Waals surface area contributed by atoms with Crippen molar-refractivity contribution in [2.45, 2.75) is 39.0 Å². The quantitative estimate of drug-likeness (QED) is 0.931. The summed E-state index contributed by atoms with van der Waals surface area (Å²) in [6.45, 7) is 6.60. The topological polar surface area (TPSA) is 39.1 Å². The van der Waals surface area contributed by atoms with Crippen LogP contribution in [0.3, 0.4) is 0 Å². The van der Waals surface area contributed by atoms with Gasteiger partial charge in [0.15, 0.2) is 0 Å². The van der Waals surface area contributed by atoms with Gasteiger partial charge in [0.1, 0.15) is 0 Å². The summed E-state index contributed by atoms with van der Waals surface area (Å²) in [6, 6.07) is 0.252. The summed E-state index contributed by atoms with van der Waals surface area (Å²) >= 11 is 3.60. The number of hydrogen-bond donors (Lipinski definition) is 1. The Morgan fingerprint density at radius 2 is 2.06 bits per heavy atom. The number of ether oxygens (including phenoxy) is 1. The molecule has 0 aliphatic carbocycles. The van der Waals surface area contributed by atoms with Crippen LogP contribution in [0.4, 0.5) is 0 Å². The zero-order chi connectivity index (χ0) is 13.4. The lowest BCUT2D eigenvalue weighted by atomic mass is 9.82. The molecule has 0 bridgehead atoms. The van der Waals surface area contributed by atoms with E-state index in [4.69, 9.17) is 4.74 Å². The van der Waals surface area contributed by atoms with Gasteiger partial charge in [0.25, 0.3) is 0 Å². The monoisotopic (exact) mass is 315 g/mol. The van der Waals surface area contributed by atoms with Crippen LogP contribution in [-0.4, -0.2) is 29.0 Å². The van der Waals surface area contributed by atoms with E-state index in [0.29, 0.717) is 17.9 Å². The molecular weight excluding hydrogens is 294 g/mol. The van der Waals surface area contributed by atoms with Gasteiger partial charge in [-0.1, -0.05) is 6.92 Å². The van der Waals surface area contributed by atoms with Crippen molar-refractivity contribution in [2.24, 2.45) is 18.9 Å². The van der Waals surface area contributed by atoms with Crippen LogP contribution >= 0.6 is 15.9 Å². The Morgan fingerprint density at radius 1 is 1.39 bits per heavy atom. The highest BCUT2D eigenvalue weighted by Gasteiger charge is 2.43. The first-order chi connectivity index (χ1) is 8.47. The van der Waals surface area contributed by atoms with Gasteiger partial charge in [0.2, 0.25) is 0 Å². The predicted molar refractivity (Wildman–Crippen MR) is 75.4 cm³/mol. The maximum atomic E-state index is 5.96.